The molecule has 0 bridgehead atoms. The van der Waals surface area contributed by atoms with Gasteiger partial charge in [-0.25, -0.2) is 0 Å². The summed E-state index contributed by atoms with van der Waals surface area (Å²) < 4.78 is 6.45. The third kappa shape index (κ3) is 3.84. The number of halogens is 1. The van der Waals surface area contributed by atoms with Gasteiger partial charge in [0.05, 0.1) is 24.1 Å². The average Bonchev–Trinajstić information content (AvgIpc) is 3.18. The maximum atomic E-state index is 13.9. The Hall–Kier alpha value is -3.78. The number of hydrogen-bond donors (Lipinski definition) is 1. The largest absolute Gasteiger partial charge is 0.504 e. The van der Waals surface area contributed by atoms with Crippen LogP contribution in [0.4, 0.5) is 5.69 Å². The van der Waals surface area contributed by atoms with E-state index in [0.717, 1.165) is 10.0 Å². The molecule has 0 spiro atoms. The Morgan fingerprint density at radius 2 is 1.77 bits per heavy atom. The monoisotopic (exact) mass is 587 g/mol. The number of benzene rings is 2. The molecule has 4 aliphatic rings. The molecule has 1 aliphatic heterocycles. The Balaban J connectivity index is 1.50. The topological polar surface area (TPSA) is 101 Å². The Labute approximate surface area is 234 Å². The van der Waals surface area contributed by atoms with E-state index in [0.29, 0.717) is 41.0 Å². The molecule has 4 atom stereocenters. The lowest BCUT2D eigenvalue weighted by Gasteiger charge is -2.42. The molecule has 0 radical (unpaired) electrons. The van der Waals surface area contributed by atoms with Crippen molar-refractivity contribution < 1.29 is 29.0 Å². The van der Waals surface area contributed by atoms with Crippen molar-refractivity contribution in [3.05, 3.63) is 86.9 Å². The van der Waals surface area contributed by atoms with Crippen LogP contribution in [0.1, 0.15) is 38.2 Å². The van der Waals surface area contributed by atoms with E-state index in [1.165, 1.54) is 11.0 Å². The van der Waals surface area contributed by atoms with Gasteiger partial charge >= 0.3 is 0 Å². The molecule has 8 heteroatoms. The molecule has 198 valence electrons. The number of nitrogens with zero attached hydrogens (tertiary/aromatic N) is 1. The van der Waals surface area contributed by atoms with Crippen LogP contribution >= 0.6 is 15.9 Å². The Morgan fingerprint density at radius 3 is 2.49 bits per heavy atom. The van der Waals surface area contributed by atoms with Crippen LogP contribution in [0, 0.1) is 17.8 Å². The fourth-order valence-corrected chi connectivity index (χ4v) is 6.89. The number of phenolic OH excluding ortho intramolecular Hbond substituents is 1. The number of ether oxygens (including phenoxy) is 1. The summed E-state index contributed by atoms with van der Waals surface area (Å²) in [6, 6.07) is 12.1. The number of para-hydroxylation sites is 1. The number of anilines is 1. The maximum Gasteiger partial charge on any atom is 0.238 e. The summed E-state index contributed by atoms with van der Waals surface area (Å²) in [5, 5.41) is 11.2. The second-order valence-corrected chi connectivity index (χ2v) is 11.3. The van der Waals surface area contributed by atoms with Gasteiger partial charge in [0.25, 0.3) is 0 Å². The lowest BCUT2D eigenvalue weighted by molar-refractivity contribution is -0.123. The Kier molecular flexibility index (Phi) is 6.18. The van der Waals surface area contributed by atoms with Crippen LogP contribution < -0.4 is 9.64 Å². The first-order chi connectivity index (χ1) is 18.7. The van der Waals surface area contributed by atoms with Gasteiger partial charge in [0, 0.05) is 32.7 Å². The van der Waals surface area contributed by atoms with Crippen molar-refractivity contribution in [1.29, 1.82) is 0 Å². The molecule has 3 aliphatic carbocycles. The van der Waals surface area contributed by atoms with Gasteiger partial charge in [0.1, 0.15) is 0 Å². The number of hydrogen-bond acceptors (Lipinski definition) is 6. The molecule has 2 aromatic rings. The van der Waals surface area contributed by atoms with Gasteiger partial charge in [0.15, 0.2) is 23.1 Å². The summed E-state index contributed by atoms with van der Waals surface area (Å²) in [6.45, 7) is 3.76. The van der Waals surface area contributed by atoms with Crippen LogP contribution in [0.25, 0.3) is 0 Å². The van der Waals surface area contributed by atoms with Crippen molar-refractivity contribution in [2.45, 2.75) is 32.6 Å². The molecule has 0 aromatic heterocycles. The summed E-state index contributed by atoms with van der Waals surface area (Å²) in [6.07, 6.45) is 3.81. The van der Waals surface area contributed by atoms with Crippen molar-refractivity contribution in [2.24, 2.45) is 17.8 Å². The van der Waals surface area contributed by atoms with Gasteiger partial charge in [-0.05, 0) is 69.0 Å². The molecule has 0 saturated carbocycles. The van der Waals surface area contributed by atoms with Gasteiger partial charge in [-0.2, -0.15) is 0 Å². The number of Topliss-reactive ketones (excluding diaryl/α,β-unsaturated/α-hetero) is 1. The Morgan fingerprint density at radius 1 is 1.03 bits per heavy atom. The van der Waals surface area contributed by atoms with E-state index in [2.05, 4.69) is 15.9 Å². The van der Waals surface area contributed by atoms with Crippen LogP contribution in [-0.2, 0) is 19.2 Å². The first-order valence-electron chi connectivity index (χ1n) is 13.0. The van der Waals surface area contributed by atoms with Crippen molar-refractivity contribution in [1.82, 2.24) is 0 Å². The van der Waals surface area contributed by atoms with Gasteiger partial charge in [-0.3, -0.25) is 24.1 Å². The molecule has 2 aromatic carbocycles. The van der Waals surface area contributed by atoms with Crippen molar-refractivity contribution in [3.63, 3.8) is 0 Å². The Bertz CT molecular complexity index is 1550. The van der Waals surface area contributed by atoms with E-state index in [1.807, 2.05) is 13.0 Å². The number of imide groups is 1. The number of carbonyl (C=O) groups is 4. The third-order valence-electron chi connectivity index (χ3n) is 8.29. The van der Waals surface area contributed by atoms with Gasteiger partial charge < -0.3 is 9.84 Å². The number of ketones is 2. The summed E-state index contributed by atoms with van der Waals surface area (Å²) >= 11 is 3.39. The van der Waals surface area contributed by atoms with E-state index in [1.54, 1.807) is 49.4 Å². The van der Waals surface area contributed by atoms with E-state index in [-0.39, 0.29) is 41.3 Å². The molecule has 0 unspecified atom stereocenters. The van der Waals surface area contributed by atoms with Crippen molar-refractivity contribution in [2.75, 3.05) is 11.5 Å². The second-order valence-electron chi connectivity index (χ2n) is 10.3. The van der Waals surface area contributed by atoms with Crippen LogP contribution in [0.5, 0.6) is 11.5 Å². The minimum absolute atomic E-state index is 0.100. The minimum atomic E-state index is -0.731. The molecule has 7 nitrogen and oxygen atoms in total. The van der Waals surface area contributed by atoms with Crippen molar-refractivity contribution >= 4 is 45.0 Å². The van der Waals surface area contributed by atoms with Gasteiger partial charge in [-0.1, -0.05) is 39.7 Å². The zero-order valence-corrected chi connectivity index (χ0v) is 23.0. The zero-order valence-electron chi connectivity index (χ0n) is 21.4. The lowest BCUT2D eigenvalue weighted by Crippen LogP contribution is -2.39. The third-order valence-corrected chi connectivity index (χ3v) is 8.82. The van der Waals surface area contributed by atoms with Crippen LogP contribution in [0.15, 0.2) is 81.4 Å². The normalized spacial score (nSPS) is 26.2. The molecule has 1 fully saturated rings. The van der Waals surface area contributed by atoms with Crippen LogP contribution in [0.2, 0.25) is 0 Å². The van der Waals surface area contributed by atoms with Crippen molar-refractivity contribution in [3.8, 4) is 11.5 Å². The highest BCUT2D eigenvalue weighted by molar-refractivity contribution is 9.10. The first kappa shape index (κ1) is 25.5. The number of allylic oxidation sites excluding steroid dienone is 6. The summed E-state index contributed by atoms with van der Waals surface area (Å²) in [7, 11) is 0. The number of carbonyl (C=O) groups excluding carboxylic acids is 4. The second kappa shape index (κ2) is 9.45. The highest BCUT2D eigenvalue weighted by atomic mass is 79.9. The molecule has 39 heavy (non-hydrogen) atoms. The fourth-order valence-electron chi connectivity index (χ4n) is 6.63. The predicted molar refractivity (Wildman–Crippen MR) is 147 cm³/mol. The smallest absolute Gasteiger partial charge is 0.238 e. The summed E-state index contributed by atoms with van der Waals surface area (Å²) in [5.74, 6) is -3.34. The standard InChI is InChI=1S/C31H26BrNO6/c1-3-39-24-6-4-5-19(29(24)36)25-18-11-12-20-26(21(18)14-22-27(25)23(34)13-15(2)28(22)35)31(38)33(30(20)37)17-9-7-16(32)8-10-17/h4-11,13,20-21,25-26,36H,3,12,14H2,1-2H3/t20-,21+,25+,26-/m0/s1. The minimum Gasteiger partial charge on any atom is -0.504 e. The van der Waals surface area contributed by atoms with E-state index in [9.17, 15) is 24.3 Å². The maximum absolute atomic E-state index is 13.9. The number of rotatable bonds is 4. The van der Waals surface area contributed by atoms with Crippen LogP contribution in [-0.4, -0.2) is 35.1 Å². The van der Waals surface area contributed by atoms with Gasteiger partial charge in [-0.15, -0.1) is 0 Å². The molecular weight excluding hydrogens is 562 g/mol. The van der Waals surface area contributed by atoms with E-state index in [4.69, 9.17) is 4.74 Å². The number of phenols is 1. The zero-order chi connectivity index (χ0) is 27.6. The number of aromatic hydroxyl groups is 1. The highest BCUT2D eigenvalue weighted by Gasteiger charge is 2.56. The molecule has 1 N–H and O–H groups in total. The fraction of sp³-hybridized carbons (Fsp3) is 0.290. The molecule has 2 amide bonds. The lowest BCUT2D eigenvalue weighted by atomic mass is 9.59. The average molecular weight is 588 g/mol. The highest BCUT2D eigenvalue weighted by Crippen LogP contribution is 2.57. The molecule has 1 saturated heterocycles. The van der Waals surface area contributed by atoms with Crippen LogP contribution in [0.3, 0.4) is 0 Å². The molecular formula is C31H26BrNO6. The quantitative estimate of drug-likeness (QED) is 0.300. The van der Waals surface area contributed by atoms with Gasteiger partial charge in [0.2, 0.25) is 11.8 Å². The van der Waals surface area contributed by atoms with E-state index >= 15 is 0 Å². The summed E-state index contributed by atoms with van der Waals surface area (Å²) in [5.41, 5.74) is 2.76. The summed E-state index contributed by atoms with van der Waals surface area (Å²) in [4.78, 5) is 55.6. The number of fused-ring (bicyclic) bond motifs is 3. The SMILES string of the molecule is CCOc1cccc([C@H]2C3=CC[C@@H]4C(=O)N(c5ccc(Br)cc5)C(=O)[C@@H]4[C@@H]3CC3=C2C(=O)C=C(C)C3=O)c1O. The van der Waals surface area contributed by atoms with E-state index < -0.39 is 23.7 Å². The molecule has 6 rings (SSSR count). The first-order valence-corrected chi connectivity index (χ1v) is 13.8. The predicted octanol–water partition coefficient (Wildman–Crippen LogP) is 5.19. The number of amides is 2. The molecule has 1 heterocycles.